The van der Waals surface area contributed by atoms with Crippen molar-refractivity contribution in [1.82, 2.24) is 4.98 Å². The Hall–Kier alpha value is -0.820. The fraction of sp³-hybridized carbons (Fsp3) is 0.182. The number of rotatable bonds is 2. The van der Waals surface area contributed by atoms with E-state index in [-0.39, 0.29) is 17.3 Å². The maximum absolute atomic E-state index is 13.8. The molecule has 3 nitrogen and oxygen atoms in total. The topological polar surface area (TPSA) is 42.1 Å². The quantitative estimate of drug-likeness (QED) is 0.649. The number of hydrogen-bond donors (Lipinski definition) is 1. The molecule has 0 amide bonds. The second-order valence-electron chi connectivity index (χ2n) is 3.32. The Morgan fingerprint density at radius 3 is 2.94 bits per heavy atom. The number of ether oxygens (including phenoxy) is 1. The Bertz CT molecular complexity index is 597. The molecule has 1 N–H and O–H groups in total. The number of esters is 1. The lowest BCUT2D eigenvalue weighted by Crippen LogP contribution is -2.06. The summed E-state index contributed by atoms with van der Waals surface area (Å²) in [6, 6.07) is 3.08. The van der Waals surface area contributed by atoms with E-state index in [2.05, 4.69) is 4.98 Å². The number of aromatic amines is 1. The molecular formula is C11H8ClFINO2. The molecule has 1 aromatic heterocycles. The first-order valence-corrected chi connectivity index (χ1v) is 6.34. The molecule has 0 radical (unpaired) electrons. The van der Waals surface area contributed by atoms with Crippen LogP contribution in [0, 0.1) is 9.39 Å². The van der Waals surface area contributed by atoms with Gasteiger partial charge in [-0.1, -0.05) is 11.6 Å². The van der Waals surface area contributed by atoms with Gasteiger partial charge in [0.15, 0.2) is 5.82 Å². The van der Waals surface area contributed by atoms with Crippen LogP contribution in [0.25, 0.3) is 10.9 Å². The molecule has 0 saturated heterocycles. The number of carbonyl (C=O) groups is 1. The molecule has 0 atom stereocenters. The second kappa shape index (κ2) is 4.81. The molecule has 17 heavy (non-hydrogen) atoms. The third kappa shape index (κ3) is 2.13. The van der Waals surface area contributed by atoms with E-state index >= 15 is 0 Å². The summed E-state index contributed by atoms with van der Waals surface area (Å²) in [7, 11) is 0. The van der Waals surface area contributed by atoms with Crippen LogP contribution in [-0.2, 0) is 4.74 Å². The van der Waals surface area contributed by atoms with Crippen molar-refractivity contribution in [2.24, 2.45) is 0 Å². The zero-order valence-corrected chi connectivity index (χ0v) is 11.7. The number of carbonyl (C=O) groups excluding carboxylic acids is 1. The standard InChI is InChI=1S/C11H8ClFINO2/c1-2-17-11(16)10-9(14)7-6(15-10)4-3-5(12)8(7)13/h3-4,15H,2H2,1H3. The Morgan fingerprint density at radius 1 is 1.59 bits per heavy atom. The van der Waals surface area contributed by atoms with Gasteiger partial charge in [0.2, 0.25) is 0 Å². The lowest BCUT2D eigenvalue weighted by Gasteiger charge is -1.99. The van der Waals surface area contributed by atoms with Crippen LogP contribution in [0.2, 0.25) is 5.02 Å². The molecule has 0 aliphatic heterocycles. The average molecular weight is 368 g/mol. The third-order valence-corrected chi connectivity index (χ3v) is 3.64. The normalized spacial score (nSPS) is 10.8. The van der Waals surface area contributed by atoms with Gasteiger partial charge in [-0.2, -0.15) is 0 Å². The molecule has 0 spiro atoms. The van der Waals surface area contributed by atoms with Crippen molar-refractivity contribution in [2.45, 2.75) is 6.92 Å². The van der Waals surface area contributed by atoms with Gasteiger partial charge >= 0.3 is 5.97 Å². The van der Waals surface area contributed by atoms with Crippen molar-refractivity contribution in [3.05, 3.63) is 32.2 Å². The van der Waals surface area contributed by atoms with E-state index in [1.165, 1.54) is 6.07 Å². The maximum Gasteiger partial charge on any atom is 0.355 e. The van der Waals surface area contributed by atoms with Crippen LogP contribution in [0.4, 0.5) is 4.39 Å². The molecule has 0 bridgehead atoms. The smallest absolute Gasteiger partial charge is 0.355 e. The fourth-order valence-corrected chi connectivity index (χ4v) is 2.57. The van der Waals surface area contributed by atoms with Crippen molar-refractivity contribution in [3.63, 3.8) is 0 Å². The van der Waals surface area contributed by atoms with Gasteiger partial charge in [-0.25, -0.2) is 9.18 Å². The molecule has 1 aromatic carbocycles. The zero-order valence-electron chi connectivity index (χ0n) is 8.81. The Labute approximate surface area is 115 Å². The Kier molecular flexibility index (Phi) is 3.58. The maximum atomic E-state index is 13.8. The van der Waals surface area contributed by atoms with Crippen molar-refractivity contribution >= 4 is 51.1 Å². The highest BCUT2D eigenvalue weighted by Gasteiger charge is 2.20. The summed E-state index contributed by atoms with van der Waals surface area (Å²) in [6.07, 6.45) is 0. The van der Waals surface area contributed by atoms with E-state index in [1.807, 2.05) is 22.6 Å². The zero-order chi connectivity index (χ0) is 12.6. The van der Waals surface area contributed by atoms with Crippen molar-refractivity contribution < 1.29 is 13.9 Å². The van der Waals surface area contributed by atoms with Crippen LogP contribution in [0.3, 0.4) is 0 Å². The predicted octanol–water partition coefficient (Wildman–Crippen LogP) is 3.74. The first-order chi connectivity index (χ1) is 8.06. The van der Waals surface area contributed by atoms with E-state index in [9.17, 15) is 9.18 Å². The minimum Gasteiger partial charge on any atom is -0.461 e. The molecule has 6 heteroatoms. The monoisotopic (exact) mass is 367 g/mol. The number of fused-ring (bicyclic) bond motifs is 1. The highest BCUT2D eigenvalue weighted by atomic mass is 127. The summed E-state index contributed by atoms with van der Waals surface area (Å²) < 4.78 is 19.2. The third-order valence-electron chi connectivity index (χ3n) is 2.27. The van der Waals surface area contributed by atoms with Crippen LogP contribution in [0.1, 0.15) is 17.4 Å². The van der Waals surface area contributed by atoms with Crippen molar-refractivity contribution in [3.8, 4) is 0 Å². The number of hydrogen-bond acceptors (Lipinski definition) is 2. The lowest BCUT2D eigenvalue weighted by atomic mass is 10.2. The summed E-state index contributed by atoms with van der Waals surface area (Å²) in [5.74, 6) is -1.02. The van der Waals surface area contributed by atoms with E-state index in [0.29, 0.717) is 14.5 Å². The number of H-pyrrole nitrogens is 1. The largest absolute Gasteiger partial charge is 0.461 e. The molecule has 2 rings (SSSR count). The predicted molar refractivity (Wildman–Crippen MR) is 71.9 cm³/mol. The SMILES string of the molecule is CCOC(=O)c1[nH]c2ccc(Cl)c(F)c2c1I. The van der Waals surface area contributed by atoms with Crippen LogP contribution in [0.5, 0.6) is 0 Å². The number of halogens is 3. The summed E-state index contributed by atoms with van der Waals surface area (Å²) in [5.41, 5.74) is 0.781. The molecular weight excluding hydrogens is 359 g/mol. The summed E-state index contributed by atoms with van der Waals surface area (Å²) in [5, 5.41) is 0.353. The molecule has 0 unspecified atom stereocenters. The van der Waals surface area contributed by atoms with Crippen LogP contribution >= 0.6 is 34.2 Å². The molecule has 1 heterocycles. The van der Waals surface area contributed by atoms with Gasteiger partial charge in [-0.15, -0.1) is 0 Å². The van der Waals surface area contributed by atoms with E-state index < -0.39 is 11.8 Å². The molecule has 0 aliphatic carbocycles. The van der Waals surface area contributed by atoms with Crippen molar-refractivity contribution in [1.29, 1.82) is 0 Å². The molecule has 90 valence electrons. The number of aromatic nitrogens is 1. The van der Waals surface area contributed by atoms with Crippen molar-refractivity contribution in [2.75, 3.05) is 6.61 Å². The van der Waals surface area contributed by atoms with E-state index in [4.69, 9.17) is 16.3 Å². The summed E-state index contributed by atoms with van der Waals surface area (Å²) >= 11 is 7.60. The van der Waals surface area contributed by atoms with Gasteiger partial charge in [-0.3, -0.25) is 0 Å². The Balaban J connectivity index is 2.65. The number of nitrogens with one attached hydrogen (secondary N) is 1. The van der Waals surface area contributed by atoms with E-state index in [0.717, 1.165) is 0 Å². The molecule has 0 aliphatic rings. The minimum atomic E-state index is -0.527. The number of benzene rings is 1. The van der Waals surface area contributed by atoms with Crippen LogP contribution < -0.4 is 0 Å². The highest BCUT2D eigenvalue weighted by molar-refractivity contribution is 14.1. The van der Waals surface area contributed by atoms with Gasteiger partial charge in [-0.05, 0) is 41.6 Å². The minimum absolute atomic E-state index is 0.0322. The summed E-state index contributed by atoms with van der Waals surface area (Å²) in [6.45, 7) is 1.98. The van der Waals surface area contributed by atoms with Gasteiger partial charge in [0.05, 0.1) is 26.1 Å². The van der Waals surface area contributed by atoms with Crippen LogP contribution in [0.15, 0.2) is 12.1 Å². The first kappa shape index (κ1) is 12.6. The van der Waals surface area contributed by atoms with Gasteiger partial charge in [0.1, 0.15) is 5.69 Å². The average Bonchev–Trinajstić information content (AvgIpc) is 2.62. The second-order valence-corrected chi connectivity index (χ2v) is 4.80. The van der Waals surface area contributed by atoms with Gasteiger partial charge in [0.25, 0.3) is 0 Å². The van der Waals surface area contributed by atoms with Crippen LogP contribution in [-0.4, -0.2) is 17.6 Å². The molecule has 0 saturated carbocycles. The Morgan fingerprint density at radius 2 is 2.29 bits per heavy atom. The summed E-state index contributed by atoms with van der Waals surface area (Å²) in [4.78, 5) is 14.5. The van der Waals surface area contributed by atoms with Gasteiger partial charge in [0, 0.05) is 0 Å². The molecule has 0 fully saturated rings. The molecule has 2 aromatic rings. The first-order valence-electron chi connectivity index (χ1n) is 4.88. The lowest BCUT2D eigenvalue weighted by molar-refractivity contribution is 0.0519. The highest BCUT2D eigenvalue weighted by Crippen LogP contribution is 2.30. The van der Waals surface area contributed by atoms with E-state index in [1.54, 1.807) is 13.0 Å². The fourth-order valence-electron chi connectivity index (χ4n) is 1.53. The van der Waals surface area contributed by atoms with Gasteiger partial charge < -0.3 is 9.72 Å².